The summed E-state index contributed by atoms with van der Waals surface area (Å²) in [5.41, 5.74) is 2.60. The third-order valence-electron chi connectivity index (χ3n) is 3.18. The van der Waals surface area contributed by atoms with E-state index in [1.54, 1.807) is 0 Å². The average Bonchev–Trinajstić information content (AvgIpc) is 2.23. The molecule has 0 aromatic rings. The molecule has 1 fully saturated rings. The largest absolute Gasteiger partial charge is 0.310 e. The number of hydrogen-bond acceptors (Lipinski definition) is 3. The Hall–Kier alpha value is -0.800. The Kier molecular flexibility index (Phi) is 5.22. The maximum absolute atomic E-state index is 6.13. The Labute approximate surface area is 106 Å². The van der Waals surface area contributed by atoms with E-state index in [-0.39, 0.29) is 0 Å². The Balaban J connectivity index is 2.81. The van der Waals surface area contributed by atoms with Crippen LogP contribution in [0.5, 0.6) is 0 Å². The molecule has 1 atom stereocenters. The Bertz CT molecular complexity index is 305. The van der Waals surface area contributed by atoms with Gasteiger partial charge in [-0.25, -0.2) is 5.84 Å². The molecule has 3 heteroatoms. The van der Waals surface area contributed by atoms with Gasteiger partial charge in [0.25, 0.3) is 0 Å². The third kappa shape index (κ3) is 4.17. The highest BCUT2D eigenvalue weighted by atomic mass is 15.5. The monoisotopic (exact) mass is 237 g/mol. The van der Waals surface area contributed by atoms with Crippen LogP contribution in [0.15, 0.2) is 23.4 Å². The van der Waals surface area contributed by atoms with Gasteiger partial charge in [0, 0.05) is 18.8 Å². The molecule has 0 aromatic carbocycles. The van der Waals surface area contributed by atoms with Crippen LogP contribution in [-0.2, 0) is 0 Å². The molecule has 17 heavy (non-hydrogen) atoms. The molecule has 1 unspecified atom stereocenters. The van der Waals surface area contributed by atoms with Crippen molar-refractivity contribution in [3.05, 3.63) is 23.4 Å². The van der Waals surface area contributed by atoms with Gasteiger partial charge in [-0.1, -0.05) is 25.5 Å². The molecule has 1 rings (SSSR count). The quantitative estimate of drug-likeness (QED) is 0.765. The van der Waals surface area contributed by atoms with Crippen LogP contribution in [0.2, 0.25) is 0 Å². The Morgan fingerprint density at radius 2 is 2.18 bits per heavy atom. The van der Waals surface area contributed by atoms with E-state index in [9.17, 15) is 0 Å². The lowest BCUT2D eigenvalue weighted by Gasteiger charge is -2.38. The van der Waals surface area contributed by atoms with Gasteiger partial charge in [0.05, 0.1) is 6.04 Å². The fourth-order valence-corrected chi connectivity index (χ4v) is 2.31. The zero-order valence-corrected chi connectivity index (χ0v) is 11.9. The summed E-state index contributed by atoms with van der Waals surface area (Å²) in [6.07, 6.45) is 5.57. The number of hydrazine groups is 1. The summed E-state index contributed by atoms with van der Waals surface area (Å²) in [5.74, 6) is 6.81. The summed E-state index contributed by atoms with van der Waals surface area (Å²) in [4.78, 5) is 2.32. The second-order valence-corrected chi connectivity index (χ2v) is 5.55. The van der Waals surface area contributed by atoms with E-state index in [1.807, 2.05) is 5.01 Å². The zero-order chi connectivity index (χ0) is 13.0. The van der Waals surface area contributed by atoms with Gasteiger partial charge in [-0.3, -0.25) is 4.90 Å². The second kappa shape index (κ2) is 6.22. The van der Waals surface area contributed by atoms with Crippen LogP contribution in [0, 0.1) is 5.92 Å². The van der Waals surface area contributed by atoms with Crippen molar-refractivity contribution in [1.29, 1.82) is 0 Å². The second-order valence-electron chi connectivity index (χ2n) is 5.55. The first kappa shape index (κ1) is 14.3. The van der Waals surface area contributed by atoms with E-state index < -0.39 is 0 Å². The summed E-state index contributed by atoms with van der Waals surface area (Å²) >= 11 is 0. The maximum atomic E-state index is 6.13. The number of likely N-dealkylation sites (N-methyl/N-ethyl adjacent to an activating group) is 1. The average molecular weight is 237 g/mol. The lowest BCUT2D eigenvalue weighted by molar-refractivity contribution is 0.147. The van der Waals surface area contributed by atoms with Gasteiger partial charge in [0.15, 0.2) is 0 Å². The number of piperazine rings is 1. The van der Waals surface area contributed by atoms with Gasteiger partial charge >= 0.3 is 0 Å². The highest BCUT2D eigenvalue weighted by molar-refractivity contribution is 5.24. The van der Waals surface area contributed by atoms with Crippen LogP contribution in [-0.4, -0.2) is 36.1 Å². The van der Waals surface area contributed by atoms with Gasteiger partial charge in [-0.15, -0.1) is 0 Å². The molecule has 98 valence electrons. The molecular weight excluding hydrogens is 210 g/mol. The van der Waals surface area contributed by atoms with Crippen molar-refractivity contribution in [2.75, 3.05) is 20.1 Å². The summed E-state index contributed by atoms with van der Waals surface area (Å²) in [7, 11) is 2.15. The molecule has 1 saturated heterocycles. The minimum atomic E-state index is 0.386. The number of allylic oxidation sites excluding steroid dienone is 3. The predicted molar refractivity (Wildman–Crippen MR) is 74.3 cm³/mol. The molecule has 0 spiro atoms. The first-order chi connectivity index (χ1) is 7.93. The number of nitrogens with zero attached hydrogens (tertiary/aromatic N) is 2. The zero-order valence-electron chi connectivity index (χ0n) is 11.9. The fraction of sp³-hybridized carbons (Fsp3) is 0.714. The topological polar surface area (TPSA) is 32.5 Å². The Morgan fingerprint density at radius 3 is 2.71 bits per heavy atom. The minimum Gasteiger partial charge on any atom is -0.310 e. The molecule has 0 bridgehead atoms. The summed E-state index contributed by atoms with van der Waals surface area (Å²) in [6, 6.07) is 0.386. The molecule has 1 heterocycles. The van der Waals surface area contributed by atoms with Crippen LogP contribution in [0.4, 0.5) is 0 Å². The van der Waals surface area contributed by atoms with Crippen molar-refractivity contribution < 1.29 is 0 Å². The van der Waals surface area contributed by atoms with Crippen molar-refractivity contribution in [3.8, 4) is 0 Å². The standard InChI is InChI=1S/C14H27N3/c1-6-13(7-11(2)3)8-14-10-16(5)9-12(4)17(14)15/h6,8,11-12H,7,9-10,15H2,1-5H3/b13-6-,14-8-. The van der Waals surface area contributed by atoms with Crippen LogP contribution >= 0.6 is 0 Å². The van der Waals surface area contributed by atoms with Crippen molar-refractivity contribution >= 4 is 0 Å². The predicted octanol–water partition coefficient (Wildman–Crippen LogP) is 2.37. The number of nitrogens with two attached hydrogens (primary N) is 1. The lowest BCUT2D eigenvalue weighted by Crippen LogP contribution is -2.52. The van der Waals surface area contributed by atoms with Crippen LogP contribution in [0.25, 0.3) is 0 Å². The van der Waals surface area contributed by atoms with Gasteiger partial charge in [0.2, 0.25) is 0 Å². The highest BCUT2D eigenvalue weighted by Gasteiger charge is 2.22. The van der Waals surface area contributed by atoms with E-state index in [1.165, 1.54) is 11.3 Å². The van der Waals surface area contributed by atoms with E-state index in [0.29, 0.717) is 12.0 Å². The molecule has 1 aliphatic rings. The number of rotatable bonds is 3. The molecule has 0 amide bonds. The molecule has 1 aliphatic heterocycles. The summed E-state index contributed by atoms with van der Waals surface area (Å²) < 4.78 is 0. The number of hydrogen-bond donors (Lipinski definition) is 1. The van der Waals surface area contributed by atoms with E-state index in [2.05, 4.69) is 51.8 Å². The summed E-state index contributed by atoms with van der Waals surface area (Å²) in [6.45, 7) is 10.7. The normalized spacial score (nSPS) is 26.1. The SMILES string of the molecule is C/C=C(\C=C1\CN(C)CC(C)N1N)CC(C)C. The van der Waals surface area contributed by atoms with E-state index >= 15 is 0 Å². The van der Waals surface area contributed by atoms with E-state index in [0.717, 1.165) is 19.5 Å². The minimum absolute atomic E-state index is 0.386. The smallest absolute Gasteiger partial charge is 0.0548 e. The van der Waals surface area contributed by atoms with Crippen molar-refractivity contribution in [2.45, 2.75) is 40.2 Å². The first-order valence-corrected chi connectivity index (χ1v) is 6.52. The molecule has 0 saturated carbocycles. The summed E-state index contributed by atoms with van der Waals surface area (Å²) in [5, 5.41) is 1.92. The van der Waals surface area contributed by atoms with Crippen LogP contribution < -0.4 is 5.84 Å². The fourth-order valence-electron chi connectivity index (χ4n) is 2.31. The van der Waals surface area contributed by atoms with Crippen molar-refractivity contribution in [3.63, 3.8) is 0 Å². The van der Waals surface area contributed by atoms with Crippen LogP contribution in [0.3, 0.4) is 0 Å². The molecule has 0 aliphatic carbocycles. The molecular formula is C14H27N3. The molecule has 0 aromatic heterocycles. The lowest BCUT2D eigenvalue weighted by atomic mass is 10.0. The Morgan fingerprint density at radius 1 is 1.53 bits per heavy atom. The van der Waals surface area contributed by atoms with Gasteiger partial charge < -0.3 is 5.01 Å². The maximum Gasteiger partial charge on any atom is 0.0548 e. The van der Waals surface area contributed by atoms with E-state index in [4.69, 9.17) is 5.84 Å². The van der Waals surface area contributed by atoms with Gasteiger partial charge in [-0.05, 0) is 39.3 Å². The van der Waals surface area contributed by atoms with Crippen LogP contribution in [0.1, 0.15) is 34.1 Å². The molecule has 0 radical (unpaired) electrons. The van der Waals surface area contributed by atoms with Crippen molar-refractivity contribution in [1.82, 2.24) is 9.91 Å². The van der Waals surface area contributed by atoms with Crippen molar-refractivity contribution in [2.24, 2.45) is 11.8 Å². The highest BCUT2D eigenvalue weighted by Crippen LogP contribution is 2.19. The molecule has 2 N–H and O–H groups in total. The van der Waals surface area contributed by atoms with Gasteiger partial charge in [0.1, 0.15) is 0 Å². The third-order valence-corrected chi connectivity index (χ3v) is 3.18. The molecule has 3 nitrogen and oxygen atoms in total. The van der Waals surface area contributed by atoms with Gasteiger partial charge in [-0.2, -0.15) is 0 Å². The first-order valence-electron chi connectivity index (χ1n) is 6.52.